The van der Waals surface area contributed by atoms with Crippen molar-refractivity contribution in [3.05, 3.63) is 59.3 Å². The summed E-state index contributed by atoms with van der Waals surface area (Å²) in [6.45, 7) is 2.28. The van der Waals surface area contributed by atoms with Gasteiger partial charge in [0.1, 0.15) is 5.56 Å². The summed E-state index contributed by atoms with van der Waals surface area (Å²) in [6.07, 6.45) is 3.33. The summed E-state index contributed by atoms with van der Waals surface area (Å²) in [4.78, 5) is 31.6. The fraction of sp³-hybridized carbons (Fsp3) is 0.531. The van der Waals surface area contributed by atoms with Gasteiger partial charge in [-0.25, -0.2) is 14.2 Å². The molecule has 0 unspecified atom stereocenters. The fourth-order valence-corrected chi connectivity index (χ4v) is 6.22. The number of carbonyl (C=O) groups excluding carboxylic acids is 1. The second-order valence-electron chi connectivity index (χ2n) is 12.4. The standard InChI is InChI=1S/C32H37F4N5O6/c1-19-4-6-20(7-5-19)29(42)41(22(16-45-2)17-46-3)26-14-25(33)27(13-23(26)30(43)44)47-28-24(32(34,35)36)12-21(15-37-28)31(8-9-31)18-40-11-10-38-39-40/h10-15,19-20,22H,4-9,16-18H2,1-3H3,(H,43,44). The van der Waals surface area contributed by atoms with Crippen molar-refractivity contribution in [1.29, 1.82) is 0 Å². The van der Waals surface area contributed by atoms with Gasteiger partial charge in [-0.1, -0.05) is 12.1 Å². The molecule has 2 aliphatic rings. The van der Waals surface area contributed by atoms with Crippen LogP contribution in [-0.2, 0) is 32.4 Å². The van der Waals surface area contributed by atoms with Crippen LogP contribution >= 0.6 is 0 Å². The Morgan fingerprint density at radius 1 is 1.11 bits per heavy atom. The van der Waals surface area contributed by atoms with Gasteiger partial charge in [0.25, 0.3) is 0 Å². The van der Waals surface area contributed by atoms with E-state index in [2.05, 4.69) is 22.2 Å². The minimum atomic E-state index is -4.93. The van der Waals surface area contributed by atoms with E-state index in [0.29, 0.717) is 43.7 Å². The summed E-state index contributed by atoms with van der Waals surface area (Å²) in [5, 5.41) is 17.8. The molecule has 1 aromatic carbocycles. The van der Waals surface area contributed by atoms with Gasteiger partial charge < -0.3 is 24.2 Å². The van der Waals surface area contributed by atoms with Crippen LogP contribution in [0.15, 0.2) is 36.8 Å². The summed E-state index contributed by atoms with van der Waals surface area (Å²) in [5.41, 5.74) is -2.40. The molecule has 1 amide bonds. The van der Waals surface area contributed by atoms with Crippen LogP contribution in [0.25, 0.3) is 0 Å². The largest absolute Gasteiger partial charge is 0.478 e. The number of anilines is 1. The van der Waals surface area contributed by atoms with Gasteiger partial charge in [0.05, 0.1) is 43.2 Å². The molecule has 2 aromatic heterocycles. The zero-order chi connectivity index (χ0) is 33.9. The molecule has 0 saturated heterocycles. The molecule has 15 heteroatoms. The maximum absolute atomic E-state index is 15.8. The topological polar surface area (TPSA) is 129 Å². The van der Waals surface area contributed by atoms with Crippen LogP contribution in [0.1, 0.15) is 66.9 Å². The number of carboxylic acid groups (broad SMARTS) is 1. The van der Waals surface area contributed by atoms with Crippen molar-refractivity contribution in [1.82, 2.24) is 20.0 Å². The van der Waals surface area contributed by atoms with Crippen LogP contribution in [0.4, 0.5) is 23.2 Å². The second-order valence-corrected chi connectivity index (χ2v) is 12.4. The predicted octanol–water partition coefficient (Wildman–Crippen LogP) is 5.87. The lowest BCUT2D eigenvalue weighted by Gasteiger charge is -2.36. The number of methoxy groups -OCH3 is 2. The normalized spacial score (nSPS) is 19.1. The number of carbonyl (C=O) groups is 2. The number of nitrogens with zero attached hydrogens (tertiary/aromatic N) is 5. The lowest BCUT2D eigenvalue weighted by Crippen LogP contribution is -2.49. The lowest BCUT2D eigenvalue weighted by molar-refractivity contribution is -0.139. The molecule has 11 nitrogen and oxygen atoms in total. The number of hydrogen-bond donors (Lipinski definition) is 1. The molecule has 0 spiro atoms. The van der Waals surface area contributed by atoms with Crippen LogP contribution in [0.5, 0.6) is 11.6 Å². The number of pyridine rings is 1. The van der Waals surface area contributed by atoms with Crippen molar-refractivity contribution in [2.75, 3.05) is 32.3 Å². The number of alkyl halides is 3. The van der Waals surface area contributed by atoms with Crippen molar-refractivity contribution in [2.45, 2.75) is 69.6 Å². The number of rotatable bonds is 13. The number of ether oxygens (including phenoxy) is 3. The third kappa shape index (κ3) is 7.56. The Labute approximate surface area is 268 Å². The Kier molecular flexibility index (Phi) is 10.2. The first-order chi connectivity index (χ1) is 22.4. The third-order valence-electron chi connectivity index (χ3n) is 8.99. The Morgan fingerprint density at radius 3 is 2.34 bits per heavy atom. The van der Waals surface area contributed by atoms with Gasteiger partial charge >= 0.3 is 12.1 Å². The molecule has 1 N–H and O–H groups in total. The van der Waals surface area contributed by atoms with Crippen molar-refractivity contribution in [3.8, 4) is 11.6 Å². The highest BCUT2D eigenvalue weighted by molar-refractivity contribution is 6.03. The quantitative estimate of drug-likeness (QED) is 0.223. The summed E-state index contributed by atoms with van der Waals surface area (Å²) in [7, 11) is 2.80. The Bertz CT molecular complexity index is 1570. The minimum absolute atomic E-state index is 0.0504. The van der Waals surface area contributed by atoms with Crippen molar-refractivity contribution >= 4 is 17.6 Å². The summed E-state index contributed by atoms with van der Waals surface area (Å²) < 4.78 is 76.3. The number of halogens is 4. The maximum Gasteiger partial charge on any atom is 0.421 e. The average Bonchev–Trinajstić information content (AvgIpc) is 3.62. The first-order valence-electron chi connectivity index (χ1n) is 15.3. The fourth-order valence-electron chi connectivity index (χ4n) is 6.22. The number of amides is 1. The second kappa shape index (κ2) is 13.9. The average molecular weight is 664 g/mol. The van der Waals surface area contributed by atoms with Crippen LogP contribution in [0.2, 0.25) is 0 Å². The predicted molar refractivity (Wildman–Crippen MR) is 160 cm³/mol. The number of benzene rings is 1. The lowest BCUT2D eigenvalue weighted by atomic mass is 9.82. The van der Waals surface area contributed by atoms with E-state index in [0.717, 1.165) is 31.0 Å². The maximum atomic E-state index is 15.8. The van der Waals surface area contributed by atoms with Gasteiger partial charge in [-0.3, -0.25) is 9.48 Å². The van der Waals surface area contributed by atoms with E-state index in [4.69, 9.17) is 14.2 Å². The molecule has 254 valence electrons. The molecule has 0 bridgehead atoms. The highest BCUT2D eigenvalue weighted by atomic mass is 19.4. The van der Waals surface area contributed by atoms with E-state index < -0.39 is 64.0 Å². The Hall–Kier alpha value is -4.11. The zero-order valence-electron chi connectivity index (χ0n) is 26.3. The van der Waals surface area contributed by atoms with E-state index in [-0.39, 0.29) is 18.9 Å². The molecule has 3 aromatic rings. The molecular formula is C32H37F4N5O6. The molecule has 2 saturated carbocycles. The van der Waals surface area contributed by atoms with E-state index in [1.54, 1.807) is 6.20 Å². The number of aromatic carboxylic acids is 1. The van der Waals surface area contributed by atoms with Gasteiger partial charge in [0.15, 0.2) is 11.6 Å². The first kappa shape index (κ1) is 34.2. The van der Waals surface area contributed by atoms with Gasteiger partial charge in [0.2, 0.25) is 11.8 Å². The van der Waals surface area contributed by atoms with E-state index in [1.807, 2.05) is 0 Å². The van der Waals surface area contributed by atoms with Crippen molar-refractivity contribution < 1.29 is 46.5 Å². The molecule has 0 atom stereocenters. The van der Waals surface area contributed by atoms with Crippen LogP contribution in [0.3, 0.4) is 0 Å². The Morgan fingerprint density at radius 2 is 1.79 bits per heavy atom. The number of carboxylic acids is 1. The first-order valence-corrected chi connectivity index (χ1v) is 15.3. The molecule has 2 fully saturated rings. The van der Waals surface area contributed by atoms with Gasteiger partial charge in [-0.05, 0) is 56.1 Å². The summed E-state index contributed by atoms with van der Waals surface area (Å²) in [5.74, 6) is -4.90. The highest BCUT2D eigenvalue weighted by Crippen LogP contribution is 2.51. The van der Waals surface area contributed by atoms with Crippen LogP contribution < -0.4 is 9.64 Å². The molecule has 5 rings (SSSR count). The number of aromatic nitrogens is 4. The minimum Gasteiger partial charge on any atom is -0.478 e. The Balaban J connectivity index is 1.52. The molecule has 0 radical (unpaired) electrons. The SMILES string of the molecule is COCC(COC)N(C(=O)C1CCC(C)CC1)c1cc(F)c(Oc2ncc(C3(Cn4ccnn4)CC3)cc2C(F)(F)F)cc1C(=O)O. The molecule has 0 aliphatic heterocycles. The van der Waals surface area contributed by atoms with E-state index >= 15 is 4.39 Å². The summed E-state index contributed by atoms with van der Waals surface area (Å²) >= 11 is 0. The third-order valence-corrected chi connectivity index (χ3v) is 8.99. The zero-order valence-corrected chi connectivity index (χ0v) is 26.3. The molecule has 2 aliphatic carbocycles. The van der Waals surface area contributed by atoms with Gasteiger partial charge in [0, 0.05) is 50.1 Å². The van der Waals surface area contributed by atoms with Gasteiger partial charge in [-0.15, -0.1) is 5.10 Å². The highest BCUT2D eigenvalue weighted by Gasteiger charge is 2.47. The van der Waals surface area contributed by atoms with Crippen LogP contribution in [-0.4, -0.2) is 70.4 Å². The van der Waals surface area contributed by atoms with Crippen molar-refractivity contribution in [2.24, 2.45) is 11.8 Å². The molecule has 2 heterocycles. The smallest absolute Gasteiger partial charge is 0.421 e. The monoisotopic (exact) mass is 663 g/mol. The summed E-state index contributed by atoms with van der Waals surface area (Å²) in [6, 6.07) is 1.66. The molecular weight excluding hydrogens is 626 g/mol. The van der Waals surface area contributed by atoms with E-state index in [1.165, 1.54) is 36.2 Å². The number of hydrogen-bond acceptors (Lipinski definition) is 8. The van der Waals surface area contributed by atoms with Crippen LogP contribution in [0, 0.1) is 17.7 Å². The molecule has 47 heavy (non-hydrogen) atoms. The van der Waals surface area contributed by atoms with E-state index in [9.17, 15) is 27.9 Å². The van der Waals surface area contributed by atoms with Crippen molar-refractivity contribution in [3.63, 3.8) is 0 Å². The van der Waals surface area contributed by atoms with Gasteiger partial charge in [-0.2, -0.15) is 13.2 Å².